The first kappa shape index (κ1) is 18.5. The van der Waals surface area contributed by atoms with Gasteiger partial charge in [0.2, 0.25) is 0 Å². The molecule has 1 N–H and O–H groups in total. The molecular formula is C18H12F3NO2S2. The molecule has 8 heteroatoms. The Morgan fingerprint density at radius 1 is 1.19 bits per heavy atom. The number of halogens is 3. The molecule has 0 aromatic heterocycles. The average Bonchev–Trinajstić information content (AvgIpc) is 2.84. The molecule has 0 bridgehead atoms. The molecule has 134 valence electrons. The fourth-order valence-corrected chi connectivity index (χ4v) is 3.71. The minimum Gasteiger partial charge on any atom is -0.508 e. The highest BCUT2D eigenvalue weighted by molar-refractivity contribution is 8.20. The lowest BCUT2D eigenvalue weighted by atomic mass is 10.1. The van der Waals surface area contributed by atoms with Crippen molar-refractivity contribution < 1.29 is 23.1 Å². The van der Waals surface area contributed by atoms with Gasteiger partial charge in [-0.05, 0) is 66.2 Å². The van der Waals surface area contributed by atoms with Gasteiger partial charge >= 0.3 is 6.18 Å². The summed E-state index contributed by atoms with van der Waals surface area (Å²) in [7, 11) is 0. The monoisotopic (exact) mass is 395 g/mol. The number of thiocarbonyl (C=S) groups is 1. The number of anilines is 1. The molecule has 1 aliphatic heterocycles. The van der Waals surface area contributed by atoms with Crippen molar-refractivity contribution in [3.8, 4) is 5.75 Å². The number of aromatic hydroxyl groups is 1. The minimum atomic E-state index is -4.50. The molecule has 1 fully saturated rings. The van der Waals surface area contributed by atoms with Crippen molar-refractivity contribution in [2.45, 2.75) is 13.1 Å². The van der Waals surface area contributed by atoms with E-state index < -0.39 is 17.0 Å². The summed E-state index contributed by atoms with van der Waals surface area (Å²) in [5.41, 5.74) is 0.618. The maximum atomic E-state index is 12.9. The van der Waals surface area contributed by atoms with E-state index in [1.807, 2.05) is 0 Å². The van der Waals surface area contributed by atoms with Crippen LogP contribution in [0.4, 0.5) is 23.7 Å². The summed E-state index contributed by atoms with van der Waals surface area (Å²) in [5, 5.41) is 9.11. The van der Waals surface area contributed by atoms with Crippen LogP contribution in [0.25, 0.3) is 6.08 Å². The Balaban J connectivity index is 1.94. The molecular weight excluding hydrogens is 383 g/mol. The van der Waals surface area contributed by atoms with Gasteiger partial charge in [-0.15, -0.1) is 0 Å². The van der Waals surface area contributed by atoms with Crippen LogP contribution in [-0.2, 0) is 6.18 Å². The van der Waals surface area contributed by atoms with Gasteiger partial charge in [-0.2, -0.15) is 13.2 Å². The number of benzene rings is 2. The van der Waals surface area contributed by atoms with E-state index in [0.717, 1.165) is 34.4 Å². The lowest BCUT2D eigenvalue weighted by molar-refractivity contribution is -0.137. The number of hydrogen-bond acceptors (Lipinski definition) is 4. The molecule has 0 aliphatic carbocycles. The largest absolute Gasteiger partial charge is 0.508 e. The van der Waals surface area contributed by atoms with Crippen LogP contribution in [0.15, 0.2) is 47.4 Å². The Bertz CT molecular complexity index is 938. The van der Waals surface area contributed by atoms with E-state index >= 15 is 0 Å². The number of phenolic OH excluding ortho intramolecular Hbond substituents is 1. The summed E-state index contributed by atoms with van der Waals surface area (Å²) in [4.78, 5) is 14.0. The Kier molecular flexibility index (Phi) is 4.81. The molecule has 3 rings (SSSR count). The van der Waals surface area contributed by atoms with Gasteiger partial charge < -0.3 is 5.11 Å². The maximum Gasteiger partial charge on any atom is 0.416 e. The molecule has 1 amide bonds. The van der Waals surface area contributed by atoms with Crippen molar-refractivity contribution in [2.24, 2.45) is 0 Å². The summed E-state index contributed by atoms with van der Waals surface area (Å²) >= 11 is 6.16. The van der Waals surface area contributed by atoms with E-state index in [0.29, 0.717) is 10.5 Å². The molecule has 0 spiro atoms. The van der Waals surface area contributed by atoms with Gasteiger partial charge in [0.25, 0.3) is 5.24 Å². The smallest absolute Gasteiger partial charge is 0.416 e. The number of aryl methyl sites for hydroxylation is 1. The van der Waals surface area contributed by atoms with Crippen LogP contribution in [0.3, 0.4) is 0 Å². The van der Waals surface area contributed by atoms with Crippen LogP contribution in [0.5, 0.6) is 5.75 Å². The third-order valence-electron chi connectivity index (χ3n) is 3.74. The topological polar surface area (TPSA) is 40.5 Å². The second kappa shape index (κ2) is 6.77. The quantitative estimate of drug-likeness (QED) is 0.518. The molecule has 0 radical (unpaired) electrons. The van der Waals surface area contributed by atoms with Crippen molar-refractivity contribution in [1.29, 1.82) is 0 Å². The number of carbonyl (C=O) groups excluding carboxylic acids is 1. The highest BCUT2D eigenvalue weighted by Gasteiger charge is 2.35. The van der Waals surface area contributed by atoms with E-state index in [2.05, 4.69) is 0 Å². The van der Waals surface area contributed by atoms with E-state index in [1.54, 1.807) is 25.1 Å². The van der Waals surface area contributed by atoms with Crippen LogP contribution in [0.1, 0.15) is 16.7 Å². The average molecular weight is 395 g/mol. The van der Waals surface area contributed by atoms with Crippen molar-refractivity contribution in [3.05, 3.63) is 64.1 Å². The maximum absolute atomic E-state index is 12.9. The van der Waals surface area contributed by atoms with Crippen LogP contribution in [0.2, 0.25) is 0 Å². The highest BCUT2D eigenvalue weighted by atomic mass is 32.2. The summed E-state index contributed by atoms with van der Waals surface area (Å²) in [6.07, 6.45) is -2.83. The normalized spacial score (nSPS) is 16.6. The number of hydrogen-bond donors (Lipinski definition) is 1. The Morgan fingerprint density at radius 2 is 1.92 bits per heavy atom. The van der Waals surface area contributed by atoms with Gasteiger partial charge in [0.15, 0.2) is 0 Å². The van der Waals surface area contributed by atoms with E-state index in [4.69, 9.17) is 12.2 Å². The standard InChI is InChI=1S/C18H12F3NO2S2/c1-10-7-11(5-6-14(10)23)8-15-16(25)22(17(24)26-15)13-4-2-3-12(9-13)18(19,20)21/h2-9,23H,1H3/b15-8-. The zero-order valence-electron chi connectivity index (χ0n) is 13.4. The SMILES string of the molecule is Cc1cc(/C=C2\SC(=O)N(c3cccc(C(F)(F)F)c3)C2=S)ccc1O. The summed E-state index contributed by atoms with van der Waals surface area (Å²) < 4.78 is 38.7. The molecule has 1 heterocycles. The molecule has 1 aliphatic rings. The zero-order valence-corrected chi connectivity index (χ0v) is 15.0. The molecule has 0 atom stereocenters. The van der Waals surface area contributed by atoms with E-state index in [1.165, 1.54) is 18.2 Å². The van der Waals surface area contributed by atoms with E-state index in [-0.39, 0.29) is 16.4 Å². The molecule has 0 unspecified atom stereocenters. The van der Waals surface area contributed by atoms with E-state index in [9.17, 15) is 23.1 Å². The summed E-state index contributed by atoms with van der Waals surface area (Å²) in [5.74, 6) is 0.149. The Hall–Kier alpha value is -2.32. The van der Waals surface area contributed by atoms with Crippen molar-refractivity contribution >= 4 is 46.0 Å². The minimum absolute atomic E-state index is 0.0765. The molecule has 0 saturated carbocycles. The predicted molar refractivity (Wildman–Crippen MR) is 100 cm³/mol. The molecule has 2 aromatic rings. The predicted octanol–water partition coefficient (Wildman–Crippen LogP) is 5.76. The lowest BCUT2D eigenvalue weighted by Gasteiger charge is -2.16. The van der Waals surface area contributed by atoms with Crippen LogP contribution in [0, 0.1) is 6.92 Å². The number of nitrogens with zero attached hydrogens (tertiary/aromatic N) is 1. The molecule has 26 heavy (non-hydrogen) atoms. The van der Waals surface area contributed by atoms with Gasteiger partial charge in [-0.3, -0.25) is 9.69 Å². The van der Waals surface area contributed by atoms with Crippen LogP contribution in [-0.4, -0.2) is 15.3 Å². The first-order chi connectivity index (χ1) is 12.2. The number of phenols is 1. The fraction of sp³-hybridized carbons (Fsp3) is 0.111. The molecule has 2 aromatic carbocycles. The van der Waals surface area contributed by atoms with Gasteiger partial charge in [0, 0.05) is 0 Å². The molecule has 3 nitrogen and oxygen atoms in total. The first-order valence-electron chi connectivity index (χ1n) is 7.41. The molecule has 1 saturated heterocycles. The third kappa shape index (κ3) is 3.61. The van der Waals surface area contributed by atoms with Crippen LogP contribution < -0.4 is 4.90 Å². The second-order valence-corrected chi connectivity index (χ2v) is 6.99. The number of alkyl halides is 3. The number of rotatable bonds is 2. The number of thioether (sulfide) groups is 1. The van der Waals surface area contributed by atoms with Crippen LogP contribution >= 0.6 is 24.0 Å². The van der Waals surface area contributed by atoms with Gasteiger partial charge in [0.1, 0.15) is 10.7 Å². The van der Waals surface area contributed by atoms with Crippen molar-refractivity contribution in [2.75, 3.05) is 4.90 Å². The first-order valence-corrected chi connectivity index (χ1v) is 8.64. The summed E-state index contributed by atoms with van der Waals surface area (Å²) in [6.45, 7) is 1.73. The highest BCUT2D eigenvalue weighted by Crippen LogP contribution is 2.39. The Labute approximate surface area is 157 Å². The van der Waals surface area contributed by atoms with Gasteiger partial charge in [-0.25, -0.2) is 0 Å². The zero-order chi connectivity index (χ0) is 19.1. The number of amides is 1. The third-order valence-corrected chi connectivity index (χ3v) is 5.16. The lowest BCUT2D eigenvalue weighted by Crippen LogP contribution is -2.26. The fourth-order valence-electron chi connectivity index (χ4n) is 2.43. The summed E-state index contributed by atoms with van der Waals surface area (Å²) in [6, 6.07) is 9.40. The number of carbonyl (C=O) groups is 1. The van der Waals surface area contributed by atoms with Gasteiger partial charge in [-0.1, -0.05) is 24.4 Å². The Morgan fingerprint density at radius 3 is 2.58 bits per heavy atom. The van der Waals surface area contributed by atoms with Crippen molar-refractivity contribution in [1.82, 2.24) is 0 Å². The van der Waals surface area contributed by atoms with Crippen molar-refractivity contribution in [3.63, 3.8) is 0 Å². The van der Waals surface area contributed by atoms with Gasteiger partial charge in [0.05, 0.1) is 16.2 Å². The second-order valence-electron chi connectivity index (χ2n) is 5.61.